The van der Waals surface area contributed by atoms with Crippen molar-refractivity contribution >= 4 is 0 Å². The molecule has 0 spiro atoms. The van der Waals surface area contributed by atoms with Crippen molar-refractivity contribution < 1.29 is 0 Å². The SMILES string of the molecule is [CH2]CCCCCCCC=CCCCCCCCC[CH2]. The zero-order valence-electron chi connectivity index (χ0n) is 13.2. The molecule has 0 saturated carbocycles. The van der Waals surface area contributed by atoms with Crippen molar-refractivity contribution in [1.82, 2.24) is 0 Å². The van der Waals surface area contributed by atoms with E-state index in [9.17, 15) is 0 Å². The molecule has 0 N–H and O–H groups in total. The minimum Gasteiger partial charge on any atom is -0.0885 e. The highest BCUT2D eigenvalue weighted by atomic mass is 14.0. The Hall–Kier alpha value is -0.260. The Morgan fingerprint density at radius 1 is 0.421 bits per heavy atom. The molecule has 0 aliphatic rings. The van der Waals surface area contributed by atoms with Crippen LogP contribution in [0.15, 0.2) is 12.2 Å². The van der Waals surface area contributed by atoms with Crippen LogP contribution in [-0.4, -0.2) is 0 Å². The van der Waals surface area contributed by atoms with Gasteiger partial charge < -0.3 is 0 Å². The van der Waals surface area contributed by atoms with E-state index in [0.29, 0.717) is 0 Å². The lowest BCUT2D eigenvalue weighted by Gasteiger charge is -1.99. The van der Waals surface area contributed by atoms with Crippen molar-refractivity contribution in [3.63, 3.8) is 0 Å². The Morgan fingerprint density at radius 2 is 0.737 bits per heavy atom. The third-order valence-corrected chi connectivity index (χ3v) is 3.66. The van der Waals surface area contributed by atoms with E-state index in [1.54, 1.807) is 0 Å². The van der Waals surface area contributed by atoms with Gasteiger partial charge in [-0.1, -0.05) is 96.6 Å². The fraction of sp³-hybridized carbons (Fsp3) is 0.789. The van der Waals surface area contributed by atoms with E-state index in [4.69, 9.17) is 0 Å². The first kappa shape index (κ1) is 18.7. The number of unbranched alkanes of at least 4 members (excludes halogenated alkanes) is 13. The predicted molar refractivity (Wildman–Crippen MR) is 89.1 cm³/mol. The van der Waals surface area contributed by atoms with Gasteiger partial charge in [-0.15, -0.1) is 0 Å². The van der Waals surface area contributed by atoms with E-state index < -0.39 is 0 Å². The van der Waals surface area contributed by atoms with Crippen LogP contribution in [0.4, 0.5) is 0 Å². The van der Waals surface area contributed by atoms with Gasteiger partial charge in [0.05, 0.1) is 0 Å². The van der Waals surface area contributed by atoms with Crippen molar-refractivity contribution in [3.05, 3.63) is 26.0 Å². The summed E-state index contributed by atoms with van der Waals surface area (Å²) in [7, 11) is 0. The van der Waals surface area contributed by atoms with Crippen LogP contribution in [0, 0.1) is 13.8 Å². The standard InChI is InChI=1S/C19H36/c1-3-5-7-9-11-13-15-17-19-18-16-14-12-10-8-6-4-2/h17,19H,1-16,18H2. The molecule has 0 amide bonds. The average molecular weight is 264 g/mol. The number of rotatable bonds is 15. The minimum absolute atomic E-state index is 1.11. The molecule has 0 heterocycles. The van der Waals surface area contributed by atoms with Gasteiger partial charge in [0.2, 0.25) is 0 Å². The molecule has 0 aromatic rings. The lowest BCUT2D eigenvalue weighted by atomic mass is 10.1. The zero-order valence-corrected chi connectivity index (χ0v) is 13.2. The predicted octanol–water partition coefficient (Wildman–Crippen LogP) is 7.06. The summed E-state index contributed by atoms with van der Waals surface area (Å²) in [6, 6.07) is 0. The third kappa shape index (κ3) is 17.7. The molecule has 0 nitrogen and oxygen atoms in total. The van der Waals surface area contributed by atoms with Crippen LogP contribution in [0.3, 0.4) is 0 Å². The van der Waals surface area contributed by atoms with Gasteiger partial charge in [0.15, 0.2) is 0 Å². The van der Waals surface area contributed by atoms with Crippen LogP contribution in [0.5, 0.6) is 0 Å². The molecular formula is C19H36. The van der Waals surface area contributed by atoms with Gasteiger partial charge in [-0.3, -0.25) is 0 Å². The molecule has 112 valence electrons. The van der Waals surface area contributed by atoms with Gasteiger partial charge in [0.25, 0.3) is 0 Å². The Bertz CT molecular complexity index is 169. The number of hydrogen-bond acceptors (Lipinski definition) is 0. The third-order valence-electron chi connectivity index (χ3n) is 3.66. The summed E-state index contributed by atoms with van der Waals surface area (Å²) >= 11 is 0. The van der Waals surface area contributed by atoms with Crippen molar-refractivity contribution in [3.8, 4) is 0 Å². The first-order chi connectivity index (χ1) is 9.41. The summed E-state index contributed by atoms with van der Waals surface area (Å²) in [5.74, 6) is 0. The highest BCUT2D eigenvalue weighted by molar-refractivity contribution is 4.81. The summed E-state index contributed by atoms with van der Waals surface area (Å²) in [5.41, 5.74) is 0. The number of hydrogen-bond donors (Lipinski definition) is 0. The number of allylic oxidation sites excluding steroid dienone is 2. The maximum absolute atomic E-state index is 3.88. The molecule has 0 rings (SSSR count). The minimum atomic E-state index is 1.11. The molecule has 0 bridgehead atoms. The molecule has 0 saturated heterocycles. The van der Waals surface area contributed by atoms with Crippen LogP contribution < -0.4 is 0 Å². The van der Waals surface area contributed by atoms with E-state index >= 15 is 0 Å². The Morgan fingerprint density at radius 3 is 1.11 bits per heavy atom. The van der Waals surface area contributed by atoms with Crippen molar-refractivity contribution in [2.45, 2.75) is 96.3 Å². The van der Waals surface area contributed by atoms with Gasteiger partial charge in [0.1, 0.15) is 0 Å². The second kappa shape index (κ2) is 17.7. The van der Waals surface area contributed by atoms with E-state index in [-0.39, 0.29) is 0 Å². The molecule has 0 aliphatic carbocycles. The van der Waals surface area contributed by atoms with Gasteiger partial charge in [0, 0.05) is 0 Å². The first-order valence-electron chi connectivity index (χ1n) is 8.65. The Labute approximate surface area is 123 Å². The second-order valence-electron chi connectivity index (χ2n) is 5.64. The molecule has 0 fully saturated rings. The summed E-state index contributed by atoms with van der Waals surface area (Å²) in [5, 5.41) is 0. The lowest BCUT2D eigenvalue weighted by molar-refractivity contribution is 0.598. The maximum atomic E-state index is 3.88. The zero-order chi connectivity index (χ0) is 14.0. The van der Waals surface area contributed by atoms with Gasteiger partial charge in [-0.2, -0.15) is 0 Å². The summed E-state index contributed by atoms with van der Waals surface area (Å²) < 4.78 is 0. The smallest absolute Gasteiger partial charge is 0.0351 e. The highest BCUT2D eigenvalue weighted by Crippen LogP contribution is 2.10. The van der Waals surface area contributed by atoms with E-state index in [1.807, 2.05) is 0 Å². The van der Waals surface area contributed by atoms with Crippen LogP contribution in [0.1, 0.15) is 96.3 Å². The molecule has 0 aliphatic heterocycles. The van der Waals surface area contributed by atoms with Crippen LogP contribution in [-0.2, 0) is 0 Å². The van der Waals surface area contributed by atoms with E-state index in [0.717, 1.165) is 12.8 Å². The van der Waals surface area contributed by atoms with E-state index in [2.05, 4.69) is 26.0 Å². The monoisotopic (exact) mass is 264 g/mol. The molecule has 0 aromatic heterocycles. The summed E-state index contributed by atoms with van der Waals surface area (Å²) in [4.78, 5) is 0. The fourth-order valence-electron chi connectivity index (χ4n) is 2.35. The second-order valence-corrected chi connectivity index (χ2v) is 5.64. The topological polar surface area (TPSA) is 0 Å². The average Bonchev–Trinajstić information content (AvgIpc) is 2.43. The van der Waals surface area contributed by atoms with Crippen molar-refractivity contribution in [2.75, 3.05) is 0 Å². The largest absolute Gasteiger partial charge is 0.0885 e. The van der Waals surface area contributed by atoms with Crippen LogP contribution >= 0.6 is 0 Å². The van der Waals surface area contributed by atoms with Gasteiger partial charge in [-0.05, 0) is 25.7 Å². The maximum Gasteiger partial charge on any atom is -0.0351 e. The quantitative estimate of drug-likeness (QED) is 0.219. The highest BCUT2D eigenvalue weighted by Gasteiger charge is 1.90. The van der Waals surface area contributed by atoms with Crippen molar-refractivity contribution in [1.29, 1.82) is 0 Å². The summed E-state index contributed by atoms with van der Waals surface area (Å²) in [6.07, 6.45) is 24.7. The molecular weight excluding hydrogens is 228 g/mol. The van der Waals surface area contributed by atoms with Gasteiger partial charge in [-0.25, -0.2) is 0 Å². The van der Waals surface area contributed by atoms with Crippen molar-refractivity contribution in [2.24, 2.45) is 0 Å². The van der Waals surface area contributed by atoms with Crippen LogP contribution in [0.25, 0.3) is 0 Å². The lowest BCUT2D eigenvalue weighted by Crippen LogP contribution is -1.79. The Kier molecular flexibility index (Phi) is 17.5. The molecule has 0 unspecified atom stereocenters. The van der Waals surface area contributed by atoms with E-state index in [1.165, 1.54) is 83.5 Å². The van der Waals surface area contributed by atoms with Gasteiger partial charge >= 0.3 is 0 Å². The first-order valence-corrected chi connectivity index (χ1v) is 8.65. The normalized spacial score (nSPS) is 11.5. The molecule has 0 atom stereocenters. The van der Waals surface area contributed by atoms with Crippen LogP contribution in [0.2, 0.25) is 0 Å². The fourth-order valence-corrected chi connectivity index (χ4v) is 2.35. The summed E-state index contributed by atoms with van der Waals surface area (Å²) in [6.45, 7) is 7.75. The molecule has 2 radical (unpaired) electrons. The Balaban J connectivity index is 3.01. The molecule has 19 heavy (non-hydrogen) atoms. The molecule has 0 heteroatoms. The molecule has 0 aromatic carbocycles.